The smallest absolute Gasteiger partial charge is 0.388 e. The number of benzene rings is 1. The second kappa shape index (κ2) is 11.5. The van der Waals surface area contributed by atoms with E-state index in [1.807, 2.05) is 0 Å². The molecule has 1 aromatic carbocycles. The van der Waals surface area contributed by atoms with Crippen LogP contribution in [0.5, 0.6) is 17.4 Å². The molecule has 4 rings (SSSR count). The third-order valence-electron chi connectivity index (χ3n) is 5.36. The van der Waals surface area contributed by atoms with E-state index in [1.165, 1.54) is 43.9 Å². The van der Waals surface area contributed by atoms with Crippen molar-refractivity contribution < 1.29 is 35.8 Å². The highest BCUT2D eigenvalue weighted by molar-refractivity contribution is 7.93. The lowest BCUT2D eigenvalue weighted by Gasteiger charge is -2.19. The molecule has 3 heterocycles. The highest BCUT2D eigenvalue weighted by Crippen LogP contribution is 2.37. The van der Waals surface area contributed by atoms with E-state index in [0.717, 1.165) is 12.4 Å². The Morgan fingerprint density at radius 2 is 1.64 bits per heavy atom. The fraction of sp³-hybridized carbons (Fsp3) is 0.261. The standard InChI is InChI=1S/C23H22F3N7O5S/c1-13(10-18-27-11-14(24)12-28-18)39(34,35)32-23-31-30-21(15-6-4-9-19(29-15)38-22(25)26)33(23)20-16(36-2)7-5-8-17(20)37-3/h4-9,11-13,22H,10H2,1-3H3,(H,31,32)/t13-/m0/s1. The van der Waals surface area contributed by atoms with E-state index < -0.39 is 27.7 Å². The first-order chi connectivity index (χ1) is 18.6. The average Bonchev–Trinajstić information content (AvgIpc) is 3.31. The number of nitrogens with one attached hydrogen (secondary N) is 1. The molecule has 0 amide bonds. The van der Waals surface area contributed by atoms with Gasteiger partial charge in [-0.15, -0.1) is 10.2 Å². The van der Waals surface area contributed by atoms with E-state index in [2.05, 4.69) is 34.6 Å². The van der Waals surface area contributed by atoms with E-state index >= 15 is 0 Å². The van der Waals surface area contributed by atoms with Gasteiger partial charge in [0, 0.05) is 12.5 Å². The first kappa shape index (κ1) is 27.6. The van der Waals surface area contributed by atoms with Gasteiger partial charge in [0.2, 0.25) is 21.9 Å². The Balaban J connectivity index is 1.81. The molecule has 1 atom stereocenters. The first-order valence-electron chi connectivity index (χ1n) is 11.2. The van der Waals surface area contributed by atoms with Crippen molar-refractivity contribution in [1.29, 1.82) is 0 Å². The summed E-state index contributed by atoms with van der Waals surface area (Å²) in [6, 6.07) is 8.93. The van der Waals surface area contributed by atoms with Crippen LogP contribution in [0.1, 0.15) is 12.7 Å². The molecule has 0 aliphatic carbocycles. The van der Waals surface area contributed by atoms with Crippen LogP contribution in [-0.4, -0.2) is 64.2 Å². The van der Waals surface area contributed by atoms with E-state index in [4.69, 9.17) is 9.47 Å². The Bertz CT molecular complexity index is 1530. The highest BCUT2D eigenvalue weighted by Gasteiger charge is 2.29. The molecule has 1 N–H and O–H groups in total. The molecular weight excluding hydrogens is 543 g/mol. The number of sulfonamides is 1. The molecule has 0 radical (unpaired) electrons. The van der Waals surface area contributed by atoms with Crippen molar-refractivity contribution in [3.05, 3.63) is 60.4 Å². The van der Waals surface area contributed by atoms with Crippen LogP contribution in [0, 0.1) is 5.82 Å². The molecule has 206 valence electrons. The largest absolute Gasteiger partial charge is 0.494 e. The van der Waals surface area contributed by atoms with E-state index in [1.54, 1.807) is 18.2 Å². The lowest BCUT2D eigenvalue weighted by Crippen LogP contribution is -2.29. The number of anilines is 1. The third-order valence-corrected chi connectivity index (χ3v) is 7.05. The molecule has 39 heavy (non-hydrogen) atoms. The predicted octanol–water partition coefficient (Wildman–Crippen LogP) is 3.25. The summed E-state index contributed by atoms with van der Waals surface area (Å²) in [5, 5.41) is 6.99. The summed E-state index contributed by atoms with van der Waals surface area (Å²) in [7, 11) is -1.37. The summed E-state index contributed by atoms with van der Waals surface area (Å²) in [4.78, 5) is 11.7. The van der Waals surface area contributed by atoms with Gasteiger partial charge in [0.25, 0.3) is 0 Å². The number of alkyl halides is 2. The SMILES string of the molecule is COc1cccc(OC)c1-n1c(NS(=O)(=O)[C@@H](C)Cc2ncc(F)cn2)nnc1-c1cccc(OC(F)F)n1. The topological polar surface area (TPSA) is 143 Å². The number of aromatic nitrogens is 6. The van der Waals surface area contributed by atoms with Gasteiger partial charge < -0.3 is 14.2 Å². The van der Waals surface area contributed by atoms with Gasteiger partial charge in [-0.1, -0.05) is 12.1 Å². The Hall–Kier alpha value is -4.47. The van der Waals surface area contributed by atoms with Gasteiger partial charge in [-0.3, -0.25) is 9.29 Å². The number of halogens is 3. The molecule has 0 fully saturated rings. The molecule has 0 aliphatic rings. The van der Waals surface area contributed by atoms with E-state index in [-0.39, 0.29) is 52.8 Å². The summed E-state index contributed by atoms with van der Waals surface area (Å²) < 4.78 is 84.3. The van der Waals surface area contributed by atoms with Crippen LogP contribution in [0.2, 0.25) is 0 Å². The van der Waals surface area contributed by atoms with Crippen LogP contribution in [0.3, 0.4) is 0 Å². The molecule has 0 saturated carbocycles. The molecule has 0 bridgehead atoms. The number of nitrogens with zero attached hydrogens (tertiary/aromatic N) is 6. The number of hydrogen-bond donors (Lipinski definition) is 1. The first-order valence-corrected chi connectivity index (χ1v) is 12.7. The van der Waals surface area contributed by atoms with Crippen molar-refractivity contribution in [2.75, 3.05) is 18.9 Å². The number of methoxy groups -OCH3 is 2. The van der Waals surface area contributed by atoms with Gasteiger partial charge in [-0.25, -0.2) is 27.8 Å². The van der Waals surface area contributed by atoms with Crippen molar-refractivity contribution in [2.24, 2.45) is 0 Å². The second-order valence-electron chi connectivity index (χ2n) is 7.91. The summed E-state index contributed by atoms with van der Waals surface area (Å²) in [5.41, 5.74) is 0.239. The van der Waals surface area contributed by atoms with E-state index in [9.17, 15) is 21.6 Å². The Labute approximate surface area is 220 Å². The van der Waals surface area contributed by atoms with Gasteiger partial charge in [0.1, 0.15) is 28.7 Å². The van der Waals surface area contributed by atoms with Gasteiger partial charge >= 0.3 is 6.61 Å². The molecule has 0 aliphatic heterocycles. The van der Waals surface area contributed by atoms with Crippen LogP contribution < -0.4 is 18.9 Å². The molecule has 16 heteroatoms. The zero-order chi connectivity index (χ0) is 28.2. The normalized spacial score (nSPS) is 12.3. The molecule has 0 unspecified atom stereocenters. The van der Waals surface area contributed by atoms with Crippen LogP contribution in [-0.2, 0) is 16.4 Å². The van der Waals surface area contributed by atoms with Crippen molar-refractivity contribution in [1.82, 2.24) is 29.7 Å². The van der Waals surface area contributed by atoms with Crippen LogP contribution in [0.4, 0.5) is 19.1 Å². The molecule has 3 aromatic heterocycles. The maximum atomic E-state index is 13.3. The lowest BCUT2D eigenvalue weighted by molar-refractivity contribution is -0.0527. The van der Waals surface area contributed by atoms with Crippen LogP contribution >= 0.6 is 0 Å². The van der Waals surface area contributed by atoms with Gasteiger partial charge in [0.05, 0.1) is 31.9 Å². The highest BCUT2D eigenvalue weighted by atomic mass is 32.2. The zero-order valence-corrected chi connectivity index (χ0v) is 21.6. The Kier molecular flexibility index (Phi) is 8.13. The number of pyridine rings is 1. The minimum Gasteiger partial charge on any atom is -0.494 e. The van der Waals surface area contributed by atoms with Gasteiger partial charge in [-0.05, 0) is 25.1 Å². The minimum absolute atomic E-state index is 0.0341. The maximum Gasteiger partial charge on any atom is 0.388 e. The van der Waals surface area contributed by atoms with Crippen LogP contribution in [0.15, 0.2) is 48.8 Å². The zero-order valence-electron chi connectivity index (χ0n) is 20.7. The summed E-state index contributed by atoms with van der Waals surface area (Å²) >= 11 is 0. The number of rotatable bonds is 11. The van der Waals surface area contributed by atoms with Crippen molar-refractivity contribution >= 4 is 16.0 Å². The summed E-state index contributed by atoms with van der Waals surface area (Å²) in [6.07, 6.45) is 1.73. The second-order valence-corrected chi connectivity index (χ2v) is 10.0. The molecular formula is C23H22F3N7O5S. The average molecular weight is 566 g/mol. The monoisotopic (exact) mass is 565 g/mol. The van der Waals surface area contributed by atoms with E-state index in [0.29, 0.717) is 0 Å². The quantitative estimate of drug-likeness (QED) is 0.288. The molecule has 0 spiro atoms. The van der Waals surface area contributed by atoms with Crippen molar-refractivity contribution in [3.63, 3.8) is 0 Å². The van der Waals surface area contributed by atoms with Gasteiger partial charge in [0.15, 0.2) is 11.6 Å². The number of ether oxygens (including phenoxy) is 3. The fourth-order valence-corrected chi connectivity index (χ4v) is 4.47. The minimum atomic E-state index is -4.16. The maximum absolute atomic E-state index is 13.3. The fourth-order valence-electron chi connectivity index (χ4n) is 3.52. The van der Waals surface area contributed by atoms with Crippen molar-refractivity contribution in [2.45, 2.75) is 25.2 Å². The summed E-state index contributed by atoms with van der Waals surface area (Å²) in [6.45, 7) is -1.71. The Morgan fingerprint density at radius 1 is 1.00 bits per heavy atom. The molecule has 0 saturated heterocycles. The number of para-hydroxylation sites is 1. The Morgan fingerprint density at radius 3 is 2.26 bits per heavy atom. The molecule has 12 nitrogen and oxygen atoms in total. The molecule has 4 aromatic rings. The third kappa shape index (κ3) is 6.17. The van der Waals surface area contributed by atoms with Gasteiger partial charge in [-0.2, -0.15) is 8.78 Å². The van der Waals surface area contributed by atoms with Crippen LogP contribution in [0.25, 0.3) is 17.2 Å². The summed E-state index contributed by atoms with van der Waals surface area (Å²) in [5.74, 6) is -0.740. The predicted molar refractivity (Wildman–Crippen MR) is 132 cm³/mol. The lowest BCUT2D eigenvalue weighted by atomic mass is 10.2. The number of hydrogen-bond acceptors (Lipinski definition) is 10. The van der Waals surface area contributed by atoms with Crippen molar-refractivity contribution in [3.8, 4) is 34.6 Å².